The Morgan fingerprint density at radius 3 is 2.49 bits per heavy atom. The molecule has 0 radical (unpaired) electrons. The highest BCUT2D eigenvalue weighted by Gasteiger charge is 2.65. The summed E-state index contributed by atoms with van der Waals surface area (Å²) in [5, 5.41) is 7.79. The van der Waals surface area contributed by atoms with Gasteiger partial charge in [-0.1, -0.05) is 53.9 Å². The van der Waals surface area contributed by atoms with E-state index in [2.05, 4.69) is 45.3 Å². The van der Waals surface area contributed by atoms with E-state index in [-0.39, 0.29) is 6.23 Å². The van der Waals surface area contributed by atoms with Crippen LogP contribution >= 0.6 is 0 Å². The van der Waals surface area contributed by atoms with E-state index in [0.29, 0.717) is 22.9 Å². The summed E-state index contributed by atoms with van der Waals surface area (Å²) in [7, 11) is 0. The summed E-state index contributed by atoms with van der Waals surface area (Å²) in [5.41, 5.74) is 6.72. The van der Waals surface area contributed by atoms with E-state index in [0.717, 1.165) is 54.6 Å². The highest BCUT2D eigenvalue weighted by Crippen LogP contribution is 2.69. The summed E-state index contributed by atoms with van der Waals surface area (Å²) in [5.74, 6) is 5.85. The van der Waals surface area contributed by atoms with Gasteiger partial charge in [-0.2, -0.15) is 0 Å². The van der Waals surface area contributed by atoms with Gasteiger partial charge in [-0.3, -0.25) is 5.32 Å². The molecule has 4 unspecified atom stereocenters. The Hall–Kier alpha value is -0.160. The Morgan fingerprint density at radius 2 is 1.70 bits per heavy atom. The van der Waals surface area contributed by atoms with E-state index in [9.17, 15) is 0 Å². The van der Waals surface area contributed by atoms with Crippen molar-refractivity contribution in [1.82, 2.24) is 10.6 Å². The predicted octanol–water partition coefficient (Wildman–Crippen LogP) is 6.73. The van der Waals surface area contributed by atoms with Crippen LogP contribution in [0.5, 0.6) is 0 Å². The van der Waals surface area contributed by atoms with Gasteiger partial charge in [0.1, 0.15) is 6.23 Å². The van der Waals surface area contributed by atoms with Gasteiger partial charge in [0.15, 0.2) is 0 Å². The van der Waals surface area contributed by atoms with Gasteiger partial charge in [0.2, 0.25) is 0 Å². The van der Waals surface area contributed by atoms with Crippen molar-refractivity contribution in [3.05, 3.63) is 0 Å². The lowest BCUT2D eigenvalue weighted by Crippen LogP contribution is -2.55. The number of unbranched alkanes of at least 4 members (excludes halogenated alkanes) is 3. The Kier molecular flexibility index (Phi) is 9.01. The monoisotopic (exact) mass is 515 g/mol. The zero-order chi connectivity index (χ0) is 26.2. The van der Waals surface area contributed by atoms with E-state index in [1.54, 1.807) is 0 Å². The Balaban J connectivity index is 1.17. The van der Waals surface area contributed by atoms with Crippen LogP contribution in [-0.2, 0) is 4.74 Å². The minimum absolute atomic E-state index is 0.274. The lowest BCUT2D eigenvalue weighted by atomic mass is 9.44. The first-order valence-corrected chi connectivity index (χ1v) is 16.6. The fourth-order valence-corrected chi connectivity index (χ4v) is 10.7. The molecule has 1 heterocycles. The van der Waals surface area contributed by atoms with E-state index in [4.69, 9.17) is 10.5 Å². The molecule has 0 amide bonds. The summed E-state index contributed by atoms with van der Waals surface area (Å²) < 4.78 is 6.82. The summed E-state index contributed by atoms with van der Waals surface area (Å²) >= 11 is 0. The topological polar surface area (TPSA) is 59.3 Å². The van der Waals surface area contributed by atoms with Crippen molar-refractivity contribution < 1.29 is 4.74 Å². The SMILES string of the molecule is CC[C@H](C)CN[C@H]1O[C@H]2CC3[C@@H]4CCC5CC(NCCCCCCN)CC[C@]5(C)C4CC[C@]3(C)[C@H]2[C@@H]1C. The number of nitrogens with one attached hydrogen (secondary N) is 2. The van der Waals surface area contributed by atoms with Crippen LogP contribution in [0.4, 0.5) is 0 Å². The van der Waals surface area contributed by atoms with Crippen molar-refractivity contribution >= 4 is 0 Å². The highest BCUT2D eigenvalue weighted by molar-refractivity contribution is 5.14. The van der Waals surface area contributed by atoms with Crippen LogP contribution < -0.4 is 16.4 Å². The van der Waals surface area contributed by atoms with E-state index in [1.807, 2.05) is 0 Å². The lowest BCUT2D eigenvalue weighted by Gasteiger charge is -2.61. The van der Waals surface area contributed by atoms with Gasteiger partial charge in [-0.05, 0) is 124 Å². The molecule has 1 aliphatic heterocycles. The first-order chi connectivity index (χ1) is 17.8. The molecule has 0 aromatic carbocycles. The molecular formula is C33H61N3O. The standard InChI is InChI=1S/C33H61N3O/c1-6-22(2)21-36-31-23(3)30-29(37-31)20-28-26-12-11-24-19-25(35-18-10-8-7-9-17-34)13-15-32(24,4)27(26)14-16-33(28,30)5/h22-31,35-36H,6-21,34H2,1-5H3/t22-,23-,24?,25?,26+,27?,28?,29-,30-,31-,32-,33-/m0/s1. The van der Waals surface area contributed by atoms with E-state index in [1.165, 1.54) is 90.0 Å². The molecule has 1 saturated heterocycles. The largest absolute Gasteiger partial charge is 0.360 e. The molecular weight excluding hydrogens is 454 g/mol. The molecule has 214 valence electrons. The first-order valence-electron chi connectivity index (χ1n) is 16.6. The molecule has 4 nitrogen and oxygen atoms in total. The van der Waals surface area contributed by atoms with Crippen LogP contribution in [0.3, 0.4) is 0 Å². The fourth-order valence-electron chi connectivity index (χ4n) is 10.7. The average Bonchev–Trinajstić information content (AvgIpc) is 3.37. The molecule has 12 atom stereocenters. The average molecular weight is 516 g/mol. The maximum atomic E-state index is 6.82. The number of rotatable bonds is 11. The zero-order valence-electron chi connectivity index (χ0n) is 25.1. The van der Waals surface area contributed by atoms with Crippen molar-refractivity contribution in [1.29, 1.82) is 0 Å². The second-order valence-electron chi connectivity index (χ2n) is 15.0. The number of hydrogen-bond acceptors (Lipinski definition) is 4. The Morgan fingerprint density at radius 1 is 0.919 bits per heavy atom. The van der Waals surface area contributed by atoms with Gasteiger partial charge < -0.3 is 15.8 Å². The molecule has 37 heavy (non-hydrogen) atoms. The molecule has 0 aromatic rings. The van der Waals surface area contributed by atoms with Gasteiger partial charge in [0.25, 0.3) is 0 Å². The summed E-state index contributed by atoms with van der Waals surface area (Å²) in [6.07, 6.45) is 18.7. The molecule has 4 heteroatoms. The third-order valence-corrected chi connectivity index (χ3v) is 13.0. The first kappa shape index (κ1) is 28.4. The highest BCUT2D eigenvalue weighted by atomic mass is 16.5. The van der Waals surface area contributed by atoms with Crippen molar-refractivity contribution in [3.8, 4) is 0 Å². The van der Waals surface area contributed by atoms with Gasteiger partial charge in [-0.15, -0.1) is 0 Å². The van der Waals surface area contributed by atoms with Crippen molar-refractivity contribution in [3.63, 3.8) is 0 Å². The molecule has 4 saturated carbocycles. The summed E-state index contributed by atoms with van der Waals surface area (Å²) in [6, 6.07) is 0.762. The second-order valence-corrected chi connectivity index (χ2v) is 15.0. The lowest BCUT2D eigenvalue weighted by molar-refractivity contribution is -0.119. The van der Waals surface area contributed by atoms with E-state index < -0.39 is 0 Å². The van der Waals surface area contributed by atoms with Crippen molar-refractivity contribution in [2.24, 2.45) is 58.0 Å². The third-order valence-electron chi connectivity index (χ3n) is 13.0. The molecule has 4 N–H and O–H groups in total. The van der Waals surface area contributed by atoms with Crippen LogP contribution in [0.15, 0.2) is 0 Å². The maximum Gasteiger partial charge on any atom is 0.111 e. The van der Waals surface area contributed by atoms with Crippen molar-refractivity contribution in [2.45, 2.75) is 136 Å². The molecule has 0 bridgehead atoms. The molecule has 5 aliphatic rings. The van der Waals surface area contributed by atoms with Crippen LogP contribution in [-0.4, -0.2) is 38.0 Å². The minimum atomic E-state index is 0.274. The maximum absolute atomic E-state index is 6.82. The van der Waals surface area contributed by atoms with Crippen LogP contribution in [0.25, 0.3) is 0 Å². The smallest absolute Gasteiger partial charge is 0.111 e. The minimum Gasteiger partial charge on any atom is -0.360 e. The van der Waals surface area contributed by atoms with Gasteiger partial charge in [0.05, 0.1) is 6.10 Å². The van der Waals surface area contributed by atoms with Gasteiger partial charge >= 0.3 is 0 Å². The van der Waals surface area contributed by atoms with Crippen LogP contribution in [0.2, 0.25) is 0 Å². The molecule has 5 rings (SSSR count). The van der Waals surface area contributed by atoms with Crippen LogP contribution in [0.1, 0.15) is 118 Å². The number of hydrogen-bond donors (Lipinski definition) is 3. The molecule has 0 aromatic heterocycles. The molecule has 0 spiro atoms. The number of fused-ring (bicyclic) bond motifs is 7. The third kappa shape index (κ3) is 5.32. The summed E-state index contributed by atoms with van der Waals surface area (Å²) in [6.45, 7) is 15.7. The zero-order valence-corrected chi connectivity index (χ0v) is 25.1. The quantitative estimate of drug-likeness (QED) is 0.267. The van der Waals surface area contributed by atoms with Gasteiger partial charge in [-0.25, -0.2) is 0 Å². The van der Waals surface area contributed by atoms with Gasteiger partial charge in [0, 0.05) is 18.5 Å². The van der Waals surface area contributed by atoms with Crippen molar-refractivity contribution in [2.75, 3.05) is 19.6 Å². The number of ether oxygens (including phenoxy) is 1. The summed E-state index contributed by atoms with van der Waals surface area (Å²) in [4.78, 5) is 0. The van der Waals surface area contributed by atoms with Crippen LogP contribution in [0, 0.1) is 52.3 Å². The predicted molar refractivity (Wildman–Crippen MR) is 155 cm³/mol. The molecule has 5 fully saturated rings. The number of nitrogens with two attached hydrogens (primary N) is 1. The Bertz CT molecular complexity index is 745. The molecule has 4 aliphatic carbocycles. The Labute approximate surface area is 229 Å². The van der Waals surface area contributed by atoms with E-state index >= 15 is 0 Å². The fraction of sp³-hybridized carbons (Fsp3) is 1.00. The second kappa shape index (κ2) is 11.8. The normalized spacial score (nSPS) is 47.7.